The summed E-state index contributed by atoms with van der Waals surface area (Å²) in [6.45, 7) is 0. The molecule has 1 unspecified atom stereocenters. The van der Waals surface area contributed by atoms with E-state index in [0.29, 0.717) is 11.3 Å². The van der Waals surface area contributed by atoms with Gasteiger partial charge in [0.25, 0.3) is 5.91 Å². The van der Waals surface area contributed by atoms with Crippen molar-refractivity contribution in [3.05, 3.63) is 59.7 Å². The molecule has 0 saturated heterocycles. The van der Waals surface area contributed by atoms with E-state index in [1.165, 1.54) is 24.3 Å². The summed E-state index contributed by atoms with van der Waals surface area (Å²) in [5.74, 6) is -1.46. The number of alkyl halides is 3. The molecule has 0 spiro atoms. The maximum atomic E-state index is 13.6. The van der Waals surface area contributed by atoms with Gasteiger partial charge in [0.05, 0.1) is 12.5 Å². The van der Waals surface area contributed by atoms with Crippen LogP contribution in [0.25, 0.3) is 0 Å². The summed E-state index contributed by atoms with van der Waals surface area (Å²) in [5.41, 5.74) is -2.55. The number of anilines is 1. The molecule has 2 aromatic carbocycles. The van der Waals surface area contributed by atoms with Gasteiger partial charge in [-0.15, -0.1) is 0 Å². The van der Waals surface area contributed by atoms with Crippen molar-refractivity contribution >= 4 is 35.2 Å². The summed E-state index contributed by atoms with van der Waals surface area (Å²) in [4.78, 5) is 41.5. The Kier molecular flexibility index (Phi) is 6.48. The maximum absolute atomic E-state index is 13.6. The van der Waals surface area contributed by atoms with Gasteiger partial charge in [-0.2, -0.15) is 13.2 Å². The Balaban J connectivity index is 1.46. The molecule has 2 amide bonds. The molecule has 5 rings (SSSR count). The average Bonchev–Trinajstić information content (AvgIpc) is 3.63. The molecular formula is C26H25F3N2O4S. The number of hydrogen-bond donors (Lipinski definition) is 1. The predicted octanol–water partition coefficient (Wildman–Crippen LogP) is 5.63. The van der Waals surface area contributed by atoms with Crippen LogP contribution in [0.4, 0.5) is 18.9 Å². The number of aliphatic carboxylic acids is 1. The number of halogens is 3. The minimum Gasteiger partial charge on any atom is -0.481 e. The molecule has 2 aliphatic carbocycles. The normalized spacial score (nSPS) is 22.8. The zero-order chi connectivity index (χ0) is 25.6. The lowest BCUT2D eigenvalue weighted by Gasteiger charge is -2.55. The first-order chi connectivity index (χ1) is 17.1. The molecule has 1 heterocycles. The Hall–Kier alpha value is -3.01. The monoisotopic (exact) mass is 518 g/mol. The summed E-state index contributed by atoms with van der Waals surface area (Å²) >= 11 is -0.221. The number of carboxylic acid groups (broad SMARTS) is 1. The van der Waals surface area contributed by atoms with Gasteiger partial charge in [0.1, 0.15) is 0 Å². The quantitative estimate of drug-likeness (QED) is 0.481. The Labute approximate surface area is 210 Å². The van der Waals surface area contributed by atoms with E-state index in [1.807, 2.05) is 29.2 Å². The molecule has 3 aliphatic rings. The molecule has 2 aromatic rings. The number of carboxylic acids is 1. The van der Waals surface area contributed by atoms with Crippen molar-refractivity contribution in [1.82, 2.24) is 4.90 Å². The maximum Gasteiger partial charge on any atom is 0.446 e. The van der Waals surface area contributed by atoms with E-state index in [9.17, 15) is 27.6 Å². The van der Waals surface area contributed by atoms with Gasteiger partial charge in [-0.1, -0.05) is 18.2 Å². The van der Waals surface area contributed by atoms with Crippen molar-refractivity contribution in [1.29, 1.82) is 0 Å². The molecule has 1 N–H and O–H groups in total. The van der Waals surface area contributed by atoms with Crippen LogP contribution < -0.4 is 4.90 Å². The standard InChI is InChI=1S/C26H25F3N2O4S/c27-26(28,29)36-17-9-5-15(6-10-17)25(35)31-20-4-2-1-3-18(20)24(19-11-12-21(19)31)30(16-7-8-16)22(32)13-14-23(33)34/h1-6,9-10,16,19,21,24H,7-8,11-14H2,(H,33,34)/t19-,21-,24?/m1/s1. The molecule has 0 bridgehead atoms. The van der Waals surface area contributed by atoms with E-state index < -0.39 is 11.5 Å². The van der Waals surface area contributed by atoms with Crippen LogP contribution in [0.3, 0.4) is 0 Å². The first kappa shape index (κ1) is 24.7. The average molecular weight is 519 g/mol. The van der Waals surface area contributed by atoms with Crippen LogP contribution in [0.15, 0.2) is 53.4 Å². The largest absolute Gasteiger partial charge is 0.481 e. The zero-order valence-corrected chi connectivity index (χ0v) is 20.1. The number of thioether (sulfide) groups is 1. The number of amides is 2. The molecule has 10 heteroatoms. The molecular weight excluding hydrogens is 493 g/mol. The summed E-state index contributed by atoms with van der Waals surface area (Å²) in [7, 11) is 0. The van der Waals surface area contributed by atoms with Crippen molar-refractivity contribution in [3.63, 3.8) is 0 Å². The molecule has 2 saturated carbocycles. The predicted molar refractivity (Wildman–Crippen MR) is 128 cm³/mol. The Morgan fingerprint density at radius 3 is 2.25 bits per heavy atom. The molecule has 190 valence electrons. The van der Waals surface area contributed by atoms with Crippen LogP contribution in [-0.4, -0.2) is 45.4 Å². The van der Waals surface area contributed by atoms with Crippen molar-refractivity contribution in [2.24, 2.45) is 5.92 Å². The lowest BCUT2D eigenvalue weighted by Crippen LogP contribution is -2.59. The molecule has 3 atom stereocenters. The third-order valence-corrected chi connectivity index (χ3v) is 7.92. The molecule has 2 fully saturated rings. The number of nitrogens with zero attached hydrogens (tertiary/aromatic N) is 2. The first-order valence-corrected chi connectivity index (χ1v) is 12.8. The van der Waals surface area contributed by atoms with E-state index in [0.717, 1.165) is 31.2 Å². The highest BCUT2D eigenvalue weighted by molar-refractivity contribution is 8.00. The SMILES string of the molecule is O=C(O)CCC(=O)N(C1CC1)C1c2ccccc2N(C(=O)c2ccc(SC(F)(F)F)cc2)[C@@H]2CC[C@@H]12. The van der Waals surface area contributed by atoms with Crippen LogP contribution in [0.5, 0.6) is 0 Å². The van der Waals surface area contributed by atoms with Crippen molar-refractivity contribution in [2.45, 2.75) is 67.1 Å². The lowest BCUT2D eigenvalue weighted by molar-refractivity contribution is -0.143. The lowest BCUT2D eigenvalue weighted by atomic mass is 9.67. The van der Waals surface area contributed by atoms with E-state index in [4.69, 9.17) is 5.11 Å². The van der Waals surface area contributed by atoms with Gasteiger partial charge >= 0.3 is 11.5 Å². The van der Waals surface area contributed by atoms with Crippen molar-refractivity contribution in [2.75, 3.05) is 4.90 Å². The van der Waals surface area contributed by atoms with E-state index in [2.05, 4.69) is 0 Å². The smallest absolute Gasteiger partial charge is 0.446 e. The van der Waals surface area contributed by atoms with Gasteiger partial charge in [-0.25, -0.2) is 0 Å². The second kappa shape index (κ2) is 9.46. The molecule has 0 radical (unpaired) electrons. The van der Waals surface area contributed by atoms with Gasteiger partial charge in [-0.3, -0.25) is 14.4 Å². The Morgan fingerprint density at radius 1 is 0.972 bits per heavy atom. The number of carbonyl (C=O) groups excluding carboxylic acids is 2. The van der Waals surface area contributed by atoms with Gasteiger partial charge in [0.2, 0.25) is 5.91 Å². The molecule has 6 nitrogen and oxygen atoms in total. The fourth-order valence-corrected chi connectivity index (χ4v) is 5.94. The third kappa shape index (κ3) is 4.83. The number of carbonyl (C=O) groups is 3. The Morgan fingerprint density at radius 2 is 1.67 bits per heavy atom. The fraction of sp³-hybridized carbons (Fsp3) is 0.423. The summed E-state index contributed by atoms with van der Waals surface area (Å²) in [6.07, 6.45) is 3.04. The molecule has 1 aliphatic heterocycles. The van der Waals surface area contributed by atoms with Crippen molar-refractivity contribution < 1.29 is 32.7 Å². The summed E-state index contributed by atoms with van der Waals surface area (Å²) < 4.78 is 38.1. The van der Waals surface area contributed by atoms with E-state index in [1.54, 1.807) is 4.90 Å². The fourth-order valence-electron chi connectivity index (χ4n) is 5.40. The molecule has 0 aromatic heterocycles. The third-order valence-electron chi connectivity index (χ3n) is 7.18. The zero-order valence-electron chi connectivity index (χ0n) is 19.3. The second-order valence-electron chi connectivity index (χ2n) is 9.49. The molecule has 36 heavy (non-hydrogen) atoms. The summed E-state index contributed by atoms with van der Waals surface area (Å²) in [5, 5.41) is 9.08. The van der Waals surface area contributed by atoms with Crippen LogP contribution >= 0.6 is 11.8 Å². The van der Waals surface area contributed by atoms with Crippen LogP contribution in [-0.2, 0) is 9.59 Å². The highest BCUT2D eigenvalue weighted by Gasteiger charge is 2.53. The van der Waals surface area contributed by atoms with Crippen LogP contribution in [0, 0.1) is 5.92 Å². The first-order valence-electron chi connectivity index (χ1n) is 12.0. The number of benzene rings is 2. The van der Waals surface area contributed by atoms with Gasteiger partial charge in [0.15, 0.2) is 0 Å². The van der Waals surface area contributed by atoms with E-state index >= 15 is 0 Å². The topological polar surface area (TPSA) is 77.9 Å². The van der Waals surface area contributed by atoms with Gasteiger partial charge in [0, 0.05) is 40.6 Å². The number of rotatable bonds is 7. The second-order valence-corrected chi connectivity index (χ2v) is 10.6. The minimum absolute atomic E-state index is 0.0123. The van der Waals surface area contributed by atoms with Crippen LogP contribution in [0.2, 0.25) is 0 Å². The Bertz CT molecular complexity index is 1180. The van der Waals surface area contributed by atoms with Crippen LogP contribution in [0.1, 0.15) is 60.5 Å². The highest BCUT2D eigenvalue weighted by Crippen LogP contribution is 2.54. The van der Waals surface area contributed by atoms with Gasteiger partial charge < -0.3 is 14.9 Å². The number of fused-ring (bicyclic) bond motifs is 2. The van der Waals surface area contributed by atoms with E-state index in [-0.39, 0.29) is 65.4 Å². The minimum atomic E-state index is -4.40. The number of hydrogen-bond acceptors (Lipinski definition) is 4. The van der Waals surface area contributed by atoms with Crippen molar-refractivity contribution in [3.8, 4) is 0 Å². The number of para-hydroxylation sites is 1. The summed E-state index contributed by atoms with van der Waals surface area (Å²) in [6, 6.07) is 12.6. The van der Waals surface area contributed by atoms with Gasteiger partial charge in [-0.05, 0) is 73.3 Å². The highest BCUT2D eigenvalue weighted by atomic mass is 32.2.